The Balaban J connectivity index is 1.44. The highest BCUT2D eigenvalue weighted by atomic mass is 32.2. The molecule has 1 saturated heterocycles. The Morgan fingerprint density at radius 3 is 2.48 bits per heavy atom. The Labute approximate surface area is 259 Å². The average Bonchev–Trinajstić information content (AvgIpc) is 2.97. The van der Waals surface area contributed by atoms with Gasteiger partial charge >= 0.3 is 0 Å². The first-order valence-electron chi connectivity index (χ1n) is 14.8. The third-order valence-electron chi connectivity index (χ3n) is 7.71. The topological polar surface area (TPSA) is 118 Å². The molecule has 1 aliphatic rings. The molecule has 0 bridgehead atoms. The molecular formula is C33H40N6O4S. The molecule has 232 valence electrons. The quantitative estimate of drug-likeness (QED) is 0.291. The highest BCUT2D eigenvalue weighted by molar-refractivity contribution is 7.90. The molecule has 44 heavy (non-hydrogen) atoms. The van der Waals surface area contributed by atoms with E-state index >= 15 is 0 Å². The van der Waals surface area contributed by atoms with E-state index in [4.69, 9.17) is 19.7 Å². The Hall–Kier alpha value is -3.93. The molecule has 1 aliphatic heterocycles. The van der Waals surface area contributed by atoms with Gasteiger partial charge in [0.25, 0.3) is 5.91 Å². The number of benzene rings is 1. The third kappa shape index (κ3) is 7.40. The second-order valence-corrected chi connectivity index (χ2v) is 13.9. The Morgan fingerprint density at radius 2 is 1.77 bits per heavy atom. The summed E-state index contributed by atoms with van der Waals surface area (Å²) in [6.07, 6.45) is 3.77. The molecule has 10 nitrogen and oxygen atoms in total. The van der Waals surface area contributed by atoms with Crippen molar-refractivity contribution in [1.29, 1.82) is 0 Å². The van der Waals surface area contributed by atoms with E-state index in [9.17, 15) is 13.2 Å². The molecule has 0 saturated carbocycles. The van der Waals surface area contributed by atoms with Gasteiger partial charge in [-0.05, 0) is 95.9 Å². The van der Waals surface area contributed by atoms with Gasteiger partial charge in [-0.1, -0.05) is 12.1 Å². The molecule has 3 atom stereocenters. The minimum Gasteiger partial charge on any atom is -0.372 e. The fourth-order valence-corrected chi connectivity index (χ4v) is 6.53. The number of rotatable bonds is 9. The molecule has 4 aromatic rings. The Kier molecular flexibility index (Phi) is 9.28. The van der Waals surface area contributed by atoms with E-state index in [1.165, 1.54) is 6.07 Å². The van der Waals surface area contributed by atoms with E-state index in [-0.39, 0.29) is 28.6 Å². The highest BCUT2D eigenvalue weighted by Crippen LogP contribution is 2.26. The van der Waals surface area contributed by atoms with E-state index < -0.39 is 15.9 Å². The number of amides is 1. The summed E-state index contributed by atoms with van der Waals surface area (Å²) in [4.78, 5) is 32.4. The van der Waals surface area contributed by atoms with Crippen LogP contribution in [0.1, 0.15) is 47.9 Å². The number of sulfone groups is 1. The lowest BCUT2D eigenvalue weighted by molar-refractivity contribution is -0.00545. The number of nitrogens with zero attached hydrogens (tertiary/aromatic N) is 5. The van der Waals surface area contributed by atoms with Crippen LogP contribution in [0.5, 0.6) is 0 Å². The number of ether oxygens (including phenoxy) is 1. The molecule has 5 rings (SSSR count). The van der Waals surface area contributed by atoms with Crippen LogP contribution in [-0.4, -0.2) is 86.4 Å². The van der Waals surface area contributed by atoms with Gasteiger partial charge in [-0.15, -0.1) is 0 Å². The minimum atomic E-state index is -3.48. The second kappa shape index (κ2) is 13.0. The lowest BCUT2D eigenvalue weighted by Gasteiger charge is -2.36. The molecule has 0 spiro atoms. The van der Waals surface area contributed by atoms with Crippen molar-refractivity contribution < 1.29 is 17.9 Å². The van der Waals surface area contributed by atoms with Gasteiger partial charge in [-0.3, -0.25) is 9.78 Å². The molecular weight excluding hydrogens is 576 g/mol. The number of fused-ring (bicyclic) bond motifs is 1. The van der Waals surface area contributed by atoms with Crippen LogP contribution in [0, 0.1) is 6.92 Å². The molecule has 0 aliphatic carbocycles. The van der Waals surface area contributed by atoms with Crippen molar-refractivity contribution in [2.24, 2.45) is 0 Å². The number of nitrogens with one attached hydrogen (secondary N) is 1. The molecule has 0 unspecified atom stereocenters. The summed E-state index contributed by atoms with van der Waals surface area (Å²) in [7, 11) is 0.463. The van der Waals surface area contributed by atoms with Gasteiger partial charge in [0, 0.05) is 36.5 Å². The summed E-state index contributed by atoms with van der Waals surface area (Å²) in [5.74, 6) is 0.526. The number of hydrogen-bond donors (Lipinski definition) is 1. The first-order chi connectivity index (χ1) is 20.9. The zero-order valence-corrected chi connectivity index (χ0v) is 26.9. The molecule has 11 heteroatoms. The molecule has 1 N–H and O–H groups in total. The monoisotopic (exact) mass is 616 g/mol. The summed E-state index contributed by atoms with van der Waals surface area (Å²) in [6.45, 7) is 8.12. The zero-order chi connectivity index (χ0) is 31.6. The van der Waals surface area contributed by atoms with Crippen LogP contribution in [0.3, 0.4) is 0 Å². The molecule has 3 aromatic heterocycles. The lowest BCUT2D eigenvalue weighted by atomic mass is 10.1. The number of carbonyl (C=O) groups excluding carboxylic acids is 1. The number of anilines is 1. The van der Waals surface area contributed by atoms with Gasteiger partial charge in [0.15, 0.2) is 9.84 Å². The average molecular weight is 617 g/mol. The predicted octanol–water partition coefficient (Wildman–Crippen LogP) is 4.44. The van der Waals surface area contributed by atoms with Crippen LogP contribution >= 0.6 is 0 Å². The normalized spacial score (nSPS) is 18.0. The number of aryl methyl sites for hydroxylation is 1. The van der Waals surface area contributed by atoms with Gasteiger partial charge in [0.05, 0.1) is 45.7 Å². The second-order valence-electron chi connectivity index (χ2n) is 11.9. The van der Waals surface area contributed by atoms with Crippen LogP contribution < -0.4 is 10.2 Å². The van der Waals surface area contributed by atoms with Crippen molar-refractivity contribution in [2.75, 3.05) is 44.9 Å². The highest BCUT2D eigenvalue weighted by Gasteiger charge is 2.24. The minimum absolute atomic E-state index is 0.127. The van der Waals surface area contributed by atoms with E-state index in [1.54, 1.807) is 25.3 Å². The van der Waals surface area contributed by atoms with Gasteiger partial charge in [-0.25, -0.2) is 18.4 Å². The van der Waals surface area contributed by atoms with Crippen LogP contribution in [0.15, 0.2) is 65.7 Å². The van der Waals surface area contributed by atoms with Crippen LogP contribution in [0.25, 0.3) is 22.3 Å². The fraction of sp³-hybridized carbons (Fsp3) is 0.394. The van der Waals surface area contributed by atoms with E-state index in [1.807, 2.05) is 55.4 Å². The standard InChI is InChI=1S/C33H40N6O4S/c1-21-10-11-24(16-31(21)44(6,41)42)33(40)37-28(14-15-38(4)5)30-17-29-25(18-34-30)12-13-27(35-29)26-8-7-9-32(36-26)39-19-22(2)43-23(3)20-39/h7-13,16-18,22-23,28H,14-15,19-20H2,1-6H3,(H,37,40)/t22-,23+,28-/m1/s1. The van der Waals surface area contributed by atoms with Gasteiger partial charge in [0.1, 0.15) is 5.82 Å². The predicted molar refractivity (Wildman–Crippen MR) is 173 cm³/mol. The first-order valence-corrected chi connectivity index (χ1v) is 16.7. The molecule has 1 aromatic carbocycles. The van der Waals surface area contributed by atoms with Crippen molar-refractivity contribution in [3.05, 3.63) is 77.6 Å². The van der Waals surface area contributed by atoms with E-state index in [2.05, 4.69) is 24.1 Å². The summed E-state index contributed by atoms with van der Waals surface area (Å²) >= 11 is 0. The van der Waals surface area contributed by atoms with E-state index in [0.29, 0.717) is 24.2 Å². The van der Waals surface area contributed by atoms with Crippen molar-refractivity contribution in [3.63, 3.8) is 0 Å². The van der Waals surface area contributed by atoms with Gasteiger partial charge in [0.2, 0.25) is 0 Å². The summed E-state index contributed by atoms with van der Waals surface area (Å²) in [5, 5.41) is 3.96. The van der Waals surface area contributed by atoms with E-state index in [0.717, 1.165) is 47.5 Å². The zero-order valence-electron chi connectivity index (χ0n) is 26.1. The molecule has 4 heterocycles. The maximum atomic E-state index is 13.4. The number of aromatic nitrogens is 3. The molecule has 1 fully saturated rings. The van der Waals surface area contributed by atoms with Crippen LogP contribution in [0.4, 0.5) is 5.82 Å². The largest absolute Gasteiger partial charge is 0.372 e. The Morgan fingerprint density at radius 1 is 1.05 bits per heavy atom. The Bertz CT molecular complexity index is 1770. The fourth-order valence-electron chi connectivity index (χ4n) is 5.54. The van der Waals surface area contributed by atoms with Crippen molar-refractivity contribution in [2.45, 2.75) is 50.3 Å². The summed E-state index contributed by atoms with van der Waals surface area (Å²) in [6, 6.07) is 16.1. The number of carbonyl (C=O) groups is 1. The lowest BCUT2D eigenvalue weighted by Crippen LogP contribution is -2.45. The van der Waals surface area contributed by atoms with Gasteiger partial charge < -0.3 is 19.9 Å². The van der Waals surface area contributed by atoms with Crippen molar-refractivity contribution in [3.8, 4) is 11.4 Å². The summed E-state index contributed by atoms with van der Waals surface area (Å²) < 4.78 is 30.4. The number of morpholine rings is 1. The molecule has 0 radical (unpaired) electrons. The smallest absolute Gasteiger partial charge is 0.251 e. The SMILES string of the molecule is Cc1ccc(C(=O)N[C@H](CCN(C)C)c2cc3nc(-c4cccc(N5C[C@@H](C)O[C@@H](C)C5)n4)ccc3cn2)cc1S(C)(=O)=O. The third-order valence-corrected chi connectivity index (χ3v) is 8.95. The van der Waals surface area contributed by atoms with Crippen molar-refractivity contribution >= 4 is 32.5 Å². The maximum absolute atomic E-state index is 13.4. The summed E-state index contributed by atoms with van der Waals surface area (Å²) in [5.41, 5.74) is 3.81. The van der Waals surface area contributed by atoms with Gasteiger partial charge in [-0.2, -0.15) is 0 Å². The van der Waals surface area contributed by atoms with Crippen LogP contribution in [-0.2, 0) is 14.6 Å². The van der Waals surface area contributed by atoms with Crippen molar-refractivity contribution in [1.82, 2.24) is 25.2 Å². The molecule has 1 amide bonds. The number of hydrogen-bond acceptors (Lipinski definition) is 9. The maximum Gasteiger partial charge on any atom is 0.251 e. The number of pyridine rings is 3. The first kappa shape index (κ1) is 31.5. The van der Waals surface area contributed by atoms with Crippen LogP contribution in [0.2, 0.25) is 0 Å².